The third-order valence-electron chi connectivity index (χ3n) is 3.28. The fraction of sp³-hybridized carbons (Fsp3) is 0.538. The molecule has 0 radical (unpaired) electrons. The SMILES string of the molecule is CN[C@H]1CCOC[C@@H]1Cc1ccccc1Cl. The average molecular weight is 240 g/mol. The molecule has 0 unspecified atom stereocenters. The molecule has 0 saturated carbocycles. The molecule has 88 valence electrons. The molecule has 1 aliphatic rings. The predicted molar refractivity (Wildman–Crippen MR) is 66.9 cm³/mol. The zero-order valence-electron chi connectivity index (χ0n) is 9.58. The summed E-state index contributed by atoms with van der Waals surface area (Å²) in [7, 11) is 2.02. The molecule has 2 nitrogen and oxygen atoms in total. The molecule has 0 bridgehead atoms. The zero-order valence-corrected chi connectivity index (χ0v) is 10.3. The van der Waals surface area contributed by atoms with Crippen LogP contribution < -0.4 is 5.32 Å². The Labute approximate surface area is 102 Å². The van der Waals surface area contributed by atoms with E-state index < -0.39 is 0 Å². The molecule has 1 aromatic rings. The molecule has 1 heterocycles. The maximum Gasteiger partial charge on any atom is 0.0512 e. The minimum atomic E-state index is 0.527. The van der Waals surface area contributed by atoms with Crippen LogP contribution in [-0.4, -0.2) is 26.3 Å². The Morgan fingerprint density at radius 3 is 3.00 bits per heavy atom. The van der Waals surface area contributed by atoms with Gasteiger partial charge >= 0.3 is 0 Å². The summed E-state index contributed by atoms with van der Waals surface area (Å²) in [5, 5.41) is 4.23. The highest BCUT2D eigenvalue weighted by molar-refractivity contribution is 6.31. The van der Waals surface area contributed by atoms with Crippen LogP contribution in [0, 0.1) is 5.92 Å². The summed E-state index contributed by atoms with van der Waals surface area (Å²) in [6.07, 6.45) is 2.08. The quantitative estimate of drug-likeness (QED) is 0.875. The first kappa shape index (κ1) is 11.9. The Kier molecular flexibility index (Phi) is 4.22. The molecule has 1 N–H and O–H groups in total. The van der Waals surface area contributed by atoms with Crippen molar-refractivity contribution in [2.75, 3.05) is 20.3 Å². The third kappa shape index (κ3) is 2.76. The van der Waals surface area contributed by atoms with Crippen LogP contribution in [0.2, 0.25) is 5.02 Å². The zero-order chi connectivity index (χ0) is 11.4. The van der Waals surface area contributed by atoms with Gasteiger partial charge in [0.15, 0.2) is 0 Å². The lowest BCUT2D eigenvalue weighted by Crippen LogP contribution is -2.41. The van der Waals surface area contributed by atoms with Gasteiger partial charge in [-0.2, -0.15) is 0 Å². The monoisotopic (exact) mass is 239 g/mol. The second kappa shape index (κ2) is 5.67. The second-order valence-electron chi connectivity index (χ2n) is 4.31. The highest BCUT2D eigenvalue weighted by atomic mass is 35.5. The summed E-state index contributed by atoms with van der Waals surface area (Å²) in [5.74, 6) is 0.527. The van der Waals surface area contributed by atoms with Crippen LogP contribution in [0.5, 0.6) is 0 Å². The van der Waals surface area contributed by atoms with Gasteiger partial charge in [0.1, 0.15) is 0 Å². The van der Waals surface area contributed by atoms with E-state index in [0.717, 1.165) is 31.1 Å². The lowest BCUT2D eigenvalue weighted by atomic mass is 9.89. The molecule has 3 heteroatoms. The predicted octanol–water partition coefficient (Wildman–Crippen LogP) is 2.51. The number of rotatable bonds is 3. The molecular weight excluding hydrogens is 222 g/mol. The Morgan fingerprint density at radius 1 is 1.44 bits per heavy atom. The van der Waals surface area contributed by atoms with Gasteiger partial charge in [-0.15, -0.1) is 0 Å². The Bertz CT molecular complexity index is 342. The van der Waals surface area contributed by atoms with E-state index >= 15 is 0 Å². The van der Waals surface area contributed by atoms with E-state index in [2.05, 4.69) is 11.4 Å². The number of benzene rings is 1. The van der Waals surface area contributed by atoms with Crippen molar-refractivity contribution < 1.29 is 4.74 Å². The lowest BCUT2D eigenvalue weighted by molar-refractivity contribution is 0.0342. The van der Waals surface area contributed by atoms with Crippen LogP contribution in [0.3, 0.4) is 0 Å². The fourth-order valence-corrected chi connectivity index (χ4v) is 2.54. The number of halogens is 1. The smallest absolute Gasteiger partial charge is 0.0512 e. The summed E-state index contributed by atoms with van der Waals surface area (Å²) in [6, 6.07) is 8.61. The molecule has 1 aliphatic heterocycles. The van der Waals surface area contributed by atoms with Gasteiger partial charge in [-0.1, -0.05) is 29.8 Å². The minimum absolute atomic E-state index is 0.527. The van der Waals surface area contributed by atoms with Gasteiger partial charge in [-0.05, 0) is 31.5 Å². The normalized spacial score (nSPS) is 25.6. The van der Waals surface area contributed by atoms with Crippen LogP contribution in [0.15, 0.2) is 24.3 Å². The first-order valence-electron chi connectivity index (χ1n) is 5.79. The van der Waals surface area contributed by atoms with Crippen molar-refractivity contribution in [2.45, 2.75) is 18.9 Å². The first-order valence-corrected chi connectivity index (χ1v) is 6.17. The highest BCUT2D eigenvalue weighted by Crippen LogP contribution is 2.23. The van der Waals surface area contributed by atoms with Gasteiger partial charge < -0.3 is 10.1 Å². The molecule has 1 saturated heterocycles. The number of hydrogen-bond donors (Lipinski definition) is 1. The molecule has 0 spiro atoms. The van der Waals surface area contributed by atoms with E-state index in [1.54, 1.807) is 0 Å². The molecule has 2 atom stereocenters. The molecule has 2 rings (SSSR count). The minimum Gasteiger partial charge on any atom is -0.381 e. The first-order chi connectivity index (χ1) is 7.81. The van der Waals surface area contributed by atoms with Crippen LogP contribution in [-0.2, 0) is 11.2 Å². The topological polar surface area (TPSA) is 21.3 Å². The molecule has 0 aromatic heterocycles. The fourth-order valence-electron chi connectivity index (χ4n) is 2.32. The van der Waals surface area contributed by atoms with Gasteiger partial charge in [0, 0.05) is 23.6 Å². The highest BCUT2D eigenvalue weighted by Gasteiger charge is 2.24. The van der Waals surface area contributed by atoms with E-state index in [1.165, 1.54) is 5.56 Å². The van der Waals surface area contributed by atoms with E-state index in [9.17, 15) is 0 Å². The Hall–Kier alpha value is -0.570. The third-order valence-corrected chi connectivity index (χ3v) is 3.65. The molecule has 1 fully saturated rings. The van der Waals surface area contributed by atoms with Crippen molar-refractivity contribution >= 4 is 11.6 Å². The summed E-state index contributed by atoms with van der Waals surface area (Å²) in [4.78, 5) is 0. The van der Waals surface area contributed by atoms with Crippen molar-refractivity contribution in [3.8, 4) is 0 Å². The van der Waals surface area contributed by atoms with Crippen LogP contribution in [0.25, 0.3) is 0 Å². The lowest BCUT2D eigenvalue weighted by Gasteiger charge is -2.31. The van der Waals surface area contributed by atoms with Gasteiger partial charge in [0.2, 0.25) is 0 Å². The van der Waals surface area contributed by atoms with Crippen molar-refractivity contribution in [1.29, 1.82) is 0 Å². The van der Waals surface area contributed by atoms with E-state index in [1.807, 2.05) is 25.2 Å². The summed E-state index contributed by atoms with van der Waals surface area (Å²) in [5.41, 5.74) is 1.22. The maximum atomic E-state index is 6.17. The average Bonchev–Trinajstić information content (AvgIpc) is 2.33. The second-order valence-corrected chi connectivity index (χ2v) is 4.72. The molecule has 16 heavy (non-hydrogen) atoms. The standard InChI is InChI=1S/C13H18ClNO/c1-15-13-6-7-16-9-11(13)8-10-4-2-3-5-12(10)14/h2-5,11,13,15H,6-9H2,1H3/t11-,13-/m0/s1. The van der Waals surface area contributed by atoms with E-state index in [0.29, 0.717) is 12.0 Å². The summed E-state index contributed by atoms with van der Waals surface area (Å²) >= 11 is 6.17. The van der Waals surface area contributed by atoms with Gasteiger partial charge in [0.25, 0.3) is 0 Å². The maximum absolute atomic E-state index is 6.17. The van der Waals surface area contributed by atoms with Crippen LogP contribution >= 0.6 is 11.6 Å². The van der Waals surface area contributed by atoms with Gasteiger partial charge in [0.05, 0.1) is 6.61 Å². The van der Waals surface area contributed by atoms with Gasteiger partial charge in [-0.3, -0.25) is 0 Å². The molecule has 0 amide bonds. The van der Waals surface area contributed by atoms with Crippen LogP contribution in [0.4, 0.5) is 0 Å². The van der Waals surface area contributed by atoms with Crippen molar-refractivity contribution in [3.05, 3.63) is 34.9 Å². The molecule has 1 aromatic carbocycles. The van der Waals surface area contributed by atoms with Crippen molar-refractivity contribution in [2.24, 2.45) is 5.92 Å². The molecule has 0 aliphatic carbocycles. The Morgan fingerprint density at radius 2 is 2.25 bits per heavy atom. The molecular formula is C13H18ClNO. The Balaban J connectivity index is 2.05. The van der Waals surface area contributed by atoms with Crippen LogP contribution in [0.1, 0.15) is 12.0 Å². The van der Waals surface area contributed by atoms with E-state index in [-0.39, 0.29) is 0 Å². The summed E-state index contributed by atoms with van der Waals surface area (Å²) < 4.78 is 5.54. The number of nitrogens with one attached hydrogen (secondary N) is 1. The largest absolute Gasteiger partial charge is 0.381 e. The summed E-state index contributed by atoms with van der Waals surface area (Å²) in [6.45, 7) is 1.70. The number of hydrogen-bond acceptors (Lipinski definition) is 2. The van der Waals surface area contributed by atoms with E-state index in [4.69, 9.17) is 16.3 Å². The van der Waals surface area contributed by atoms with Crippen molar-refractivity contribution in [3.63, 3.8) is 0 Å². The van der Waals surface area contributed by atoms with Crippen molar-refractivity contribution in [1.82, 2.24) is 5.32 Å². The van der Waals surface area contributed by atoms with Gasteiger partial charge in [-0.25, -0.2) is 0 Å². The number of ether oxygens (including phenoxy) is 1.